The van der Waals surface area contributed by atoms with E-state index in [4.69, 9.17) is 27.9 Å². The maximum absolute atomic E-state index is 12.2. The van der Waals surface area contributed by atoms with Crippen LogP contribution < -0.4 is 4.74 Å². The Bertz CT molecular complexity index is 698. The van der Waals surface area contributed by atoms with E-state index >= 15 is 0 Å². The van der Waals surface area contributed by atoms with E-state index in [1.165, 1.54) is 0 Å². The molecule has 1 aliphatic heterocycles. The van der Waals surface area contributed by atoms with Gasteiger partial charge >= 0.3 is 0 Å². The molecule has 0 unspecified atom stereocenters. The summed E-state index contributed by atoms with van der Waals surface area (Å²) in [6.07, 6.45) is 1.55. The molecule has 0 bridgehead atoms. The molecule has 8 heteroatoms. The normalized spacial score (nSPS) is 14.8. The highest BCUT2D eigenvalue weighted by molar-refractivity contribution is 6.42. The highest BCUT2D eigenvalue weighted by Gasteiger charge is 2.34. The van der Waals surface area contributed by atoms with Gasteiger partial charge in [0.25, 0.3) is 5.91 Å². The van der Waals surface area contributed by atoms with Crippen molar-refractivity contribution in [2.75, 3.05) is 13.1 Å². The third kappa shape index (κ3) is 2.89. The SMILES string of the molecule is CCn1cc(C(=O)N2CC(Oc3cccc(Cl)c3Cl)C2)nn1. The summed E-state index contributed by atoms with van der Waals surface area (Å²) < 4.78 is 7.37. The van der Waals surface area contributed by atoms with Crippen molar-refractivity contribution in [3.63, 3.8) is 0 Å². The van der Waals surface area contributed by atoms with Crippen LogP contribution in [0.3, 0.4) is 0 Å². The fourth-order valence-corrected chi connectivity index (χ4v) is 2.48. The first kappa shape index (κ1) is 15.1. The summed E-state index contributed by atoms with van der Waals surface area (Å²) in [5.74, 6) is 0.389. The van der Waals surface area contributed by atoms with Crippen molar-refractivity contribution in [2.45, 2.75) is 19.6 Å². The lowest BCUT2D eigenvalue weighted by atomic mass is 10.1. The number of ether oxygens (including phenoxy) is 1. The molecule has 1 amide bonds. The molecule has 1 saturated heterocycles. The van der Waals surface area contributed by atoms with E-state index in [2.05, 4.69) is 10.3 Å². The Morgan fingerprint density at radius 2 is 2.18 bits per heavy atom. The second-order valence-corrected chi connectivity index (χ2v) is 5.75. The molecule has 0 radical (unpaired) electrons. The molecule has 0 N–H and O–H groups in total. The van der Waals surface area contributed by atoms with Crippen molar-refractivity contribution in [1.82, 2.24) is 19.9 Å². The number of amides is 1. The van der Waals surface area contributed by atoms with Gasteiger partial charge in [-0.2, -0.15) is 0 Å². The molecular weight excluding hydrogens is 327 g/mol. The first-order valence-electron chi connectivity index (χ1n) is 6.88. The third-order valence-electron chi connectivity index (χ3n) is 3.43. The van der Waals surface area contributed by atoms with Crippen LogP contribution in [0, 0.1) is 0 Å². The van der Waals surface area contributed by atoms with Crippen molar-refractivity contribution < 1.29 is 9.53 Å². The molecule has 1 aromatic carbocycles. The van der Waals surface area contributed by atoms with Gasteiger partial charge in [-0.15, -0.1) is 5.10 Å². The second-order valence-electron chi connectivity index (χ2n) is 4.96. The number of halogens is 2. The van der Waals surface area contributed by atoms with E-state index in [1.54, 1.807) is 34.0 Å². The lowest BCUT2D eigenvalue weighted by Gasteiger charge is -2.38. The van der Waals surface area contributed by atoms with E-state index in [-0.39, 0.29) is 12.0 Å². The van der Waals surface area contributed by atoms with Crippen LogP contribution in [-0.4, -0.2) is 45.0 Å². The quantitative estimate of drug-likeness (QED) is 0.857. The Labute approximate surface area is 137 Å². The van der Waals surface area contributed by atoms with Crippen LogP contribution >= 0.6 is 23.2 Å². The highest BCUT2D eigenvalue weighted by atomic mass is 35.5. The lowest BCUT2D eigenvalue weighted by molar-refractivity contribution is 0.0174. The molecule has 0 aliphatic carbocycles. The number of carbonyl (C=O) groups excluding carboxylic acids is 1. The first-order valence-corrected chi connectivity index (χ1v) is 7.64. The molecule has 2 aromatic rings. The van der Waals surface area contributed by atoms with Crippen LogP contribution in [0.15, 0.2) is 24.4 Å². The van der Waals surface area contributed by atoms with Crippen molar-refractivity contribution in [3.05, 3.63) is 40.1 Å². The number of likely N-dealkylation sites (tertiary alicyclic amines) is 1. The fourth-order valence-electron chi connectivity index (χ4n) is 2.15. The second kappa shape index (κ2) is 6.14. The van der Waals surface area contributed by atoms with Gasteiger partial charge in [0, 0.05) is 6.54 Å². The fraction of sp³-hybridized carbons (Fsp3) is 0.357. The maximum atomic E-state index is 12.2. The van der Waals surface area contributed by atoms with Gasteiger partial charge in [0.2, 0.25) is 0 Å². The van der Waals surface area contributed by atoms with E-state index in [0.29, 0.717) is 41.1 Å². The summed E-state index contributed by atoms with van der Waals surface area (Å²) in [5.41, 5.74) is 0.348. The molecule has 1 aliphatic rings. The Balaban J connectivity index is 1.57. The van der Waals surface area contributed by atoms with Crippen LogP contribution in [0.5, 0.6) is 5.75 Å². The summed E-state index contributed by atoms with van der Waals surface area (Å²) in [6.45, 7) is 3.59. The van der Waals surface area contributed by atoms with Gasteiger partial charge < -0.3 is 9.64 Å². The minimum absolute atomic E-state index is 0.0962. The number of benzene rings is 1. The summed E-state index contributed by atoms with van der Waals surface area (Å²) in [6, 6.07) is 5.23. The molecule has 22 heavy (non-hydrogen) atoms. The predicted octanol–water partition coefficient (Wildman–Crippen LogP) is 2.51. The molecular formula is C14H14Cl2N4O2. The first-order chi connectivity index (χ1) is 10.6. The van der Waals surface area contributed by atoms with E-state index in [0.717, 1.165) is 0 Å². The van der Waals surface area contributed by atoms with Crippen molar-refractivity contribution >= 4 is 29.1 Å². The van der Waals surface area contributed by atoms with Crippen molar-refractivity contribution in [3.8, 4) is 5.75 Å². The topological polar surface area (TPSA) is 60.2 Å². The monoisotopic (exact) mass is 340 g/mol. The predicted molar refractivity (Wildman–Crippen MR) is 82.5 cm³/mol. The Morgan fingerprint density at radius 1 is 1.41 bits per heavy atom. The molecule has 116 valence electrons. The minimum atomic E-state index is -0.142. The number of rotatable bonds is 4. The zero-order valence-corrected chi connectivity index (χ0v) is 13.4. The van der Waals surface area contributed by atoms with Gasteiger partial charge in [0.1, 0.15) is 16.9 Å². The average molecular weight is 341 g/mol. The number of carbonyl (C=O) groups is 1. The molecule has 1 aromatic heterocycles. The standard InChI is InChI=1S/C14H14Cl2N4O2/c1-2-20-8-11(17-18-20)14(21)19-6-9(7-19)22-12-5-3-4-10(15)13(12)16/h3-5,8-9H,2,6-7H2,1H3. The van der Waals surface area contributed by atoms with Crippen molar-refractivity contribution in [2.24, 2.45) is 0 Å². The molecule has 2 heterocycles. The molecule has 1 fully saturated rings. The number of hydrogen-bond donors (Lipinski definition) is 0. The van der Waals surface area contributed by atoms with Crippen LogP contribution in [0.1, 0.15) is 17.4 Å². The Hall–Kier alpha value is -1.79. The Kier molecular flexibility index (Phi) is 4.22. The summed E-state index contributed by atoms with van der Waals surface area (Å²) in [4.78, 5) is 13.8. The average Bonchev–Trinajstić information content (AvgIpc) is 2.95. The largest absolute Gasteiger partial charge is 0.485 e. The van der Waals surface area contributed by atoms with Crippen LogP contribution in [0.4, 0.5) is 0 Å². The molecule has 0 spiro atoms. The summed E-state index contributed by atoms with van der Waals surface area (Å²) in [5, 5.41) is 8.56. The smallest absolute Gasteiger partial charge is 0.276 e. The van der Waals surface area contributed by atoms with E-state index in [1.807, 2.05) is 6.92 Å². The van der Waals surface area contributed by atoms with Gasteiger partial charge in [-0.1, -0.05) is 34.5 Å². The third-order valence-corrected chi connectivity index (χ3v) is 4.23. The van der Waals surface area contributed by atoms with Gasteiger partial charge in [0.15, 0.2) is 5.69 Å². The molecule has 6 nitrogen and oxygen atoms in total. The molecule has 0 saturated carbocycles. The number of aryl methyl sites for hydroxylation is 1. The minimum Gasteiger partial charge on any atom is -0.485 e. The zero-order chi connectivity index (χ0) is 15.7. The van der Waals surface area contributed by atoms with Crippen molar-refractivity contribution in [1.29, 1.82) is 0 Å². The van der Waals surface area contributed by atoms with Gasteiger partial charge in [0.05, 0.1) is 24.3 Å². The molecule has 0 atom stereocenters. The van der Waals surface area contributed by atoms with Gasteiger partial charge in [-0.05, 0) is 19.1 Å². The van der Waals surface area contributed by atoms with Gasteiger partial charge in [-0.25, -0.2) is 0 Å². The Morgan fingerprint density at radius 3 is 2.86 bits per heavy atom. The number of hydrogen-bond acceptors (Lipinski definition) is 4. The van der Waals surface area contributed by atoms with E-state index in [9.17, 15) is 4.79 Å². The zero-order valence-electron chi connectivity index (χ0n) is 11.9. The van der Waals surface area contributed by atoms with Crippen LogP contribution in [0.25, 0.3) is 0 Å². The number of aromatic nitrogens is 3. The molecule has 3 rings (SSSR count). The summed E-state index contributed by atoms with van der Waals surface area (Å²) in [7, 11) is 0. The highest BCUT2D eigenvalue weighted by Crippen LogP contribution is 2.33. The van der Waals surface area contributed by atoms with Crippen LogP contribution in [-0.2, 0) is 6.54 Å². The van der Waals surface area contributed by atoms with E-state index < -0.39 is 0 Å². The van der Waals surface area contributed by atoms with Crippen LogP contribution in [0.2, 0.25) is 10.0 Å². The number of nitrogens with zero attached hydrogens (tertiary/aromatic N) is 4. The van der Waals surface area contributed by atoms with Gasteiger partial charge in [-0.3, -0.25) is 9.48 Å². The summed E-state index contributed by atoms with van der Waals surface area (Å²) >= 11 is 12.0. The maximum Gasteiger partial charge on any atom is 0.276 e. The lowest BCUT2D eigenvalue weighted by Crippen LogP contribution is -2.56.